The number of halogens is 1. The molecule has 0 aliphatic heterocycles. The first kappa shape index (κ1) is 20.3. The molecule has 26 heavy (non-hydrogen) atoms. The van der Waals surface area contributed by atoms with Gasteiger partial charge in [0.25, 0.3) is 15.9 Å². The monoisotopic (exact) mass is 394 g/mol. The number of hydrogen-bond acceptors (Lipinski definition) is 3. The van der Waals surface area contributed by atoms with Crippen LogP contribution in [0.15, 0.2) is 41.3 Å². The topological polar surface area (TPSA) is 75.3 Å². The van der Waals surface area contributed by atoms with E-state index in [1.807, 2.05) is 40.7 Å². The molecule has 0 spiro atoms. The van der Waals surface area contributed by atoms with Gasteiger partial charge in [0.05, 0.1) is 10.7 Å². The highest BCUT2D eigenvalue weighted by Gasteiger charge is 2.22. The molecule has 0 aliphatic rings. The lowest BCUT2D eigenvalue weighted by molar-refractivity contribution is 0.0919. The van der Waals surface area contributed by atoms with Crippen LogP contribution in [0.5, 0.6) is 0 Å². The van der Waals surface area contributed by atoms with Crippen molar-refractivity contribution in [1.82, 2.24) is 5.32 Å². The van der Waals surface area contributed by atoms with E-state index in [9.17, 15) is 13.2 Å². The highest BCUT2D eigenvalue weighted by atomic mass is 35.5. The molecule has 1 amide bonds. The van der Waals surface area contributed by atoms with Gasteiger partial charge in [-0.25, -0.2) is 8.42 Å². The van der Waals surface area contributed by atoms with Crippen molar-refractivity contribution >= 4 is 33.2 Å². The van der Waals surface area contributed by atoms with Crippen LogP contribution in [0.1, 0.15) is 42.3 Å². The van der Waals surface area contributed by atoms with Gasteiger partial charge in [-0.05, 0) is 70.0 Å². The minimum absolute atomic E-state index is 0.0510. The van der Waals surface area contributed by atoms with Gasteiger partial charge in [-0.2, -0.15) is 0 Å². The Hall–Kier alpha value is -2.05. The summed E-state index contributed by atoms with van der Waals surface area (Å²) in [6.07, 6.45) is 0. The maximum absolute atomic E-state index is 12.8. The highest BCUT2D eigenvalue weighted by molar-refractivity contribution is 7.92. The average molecular weight is 395 g/mol. The van der Waals surface area contributed by atoms with Crippen LogP contribution < -0.4 is 10.0 Å². The van der Waals surface area contributed by atoms with Gasteiger partial charge in [0.2, 0.25) is 0 Å². The number of sulfonamides is 1. The number of benzene rings is 2. The lowest BCUT2D eigenvalue weighted by atomic mass is 10.1. The molecule has 0 atom stereocenters. The van der Waals surface area contributed by atoms with E-state index in [2.05, 4.69) is 10.0 Å². The first-order valence-corrected chi connectivity index (χ1v) is 9.98. The molecule has 0 fully saturated rings. The Balaban J connectivity index is 2.41. The Kier molecular flexibility index (Phi) is 5.68. The molecule has 0 unspecified atom stereocenters. The smallest absolute Gasteiger partial charge is 0.263 e. The zero-order valence-corrected chi connectivity index (χ0v) is 17.0. The molecule has 2 rings (SSSR count). The number of rotatable bonds is 4. The minimum Gasteiger partial charge on any atom is -0.347 e. The summed E-state index contributed by atoms with van der Waals surface area (Å²) < 4.78 is 28.2. The molecule has 0 saturated carbocycles. The summed E-state index contributed by atoms with van der Waals surface area (Å²) in [7, 11) is -3.94. The molecule has 0 heterocycles. The van der Waals surface area contributed by atoms with Gasteiger partial charge in [0.15, 0.2) is 0 Å². The van der Waals surface area contributed by atoms with Crippen LogP contribution in [0.25, 0.3) is 0 Å². The molecule has 2 aromatic rings. The predicted molar refractivity (Wildman–Crippen MR) is 105 cm³/mol. The molecule has 140 valence electrons. The second-order valence-electron chi connectivity index (χ2n) is 7.20. The van der Waals surface area contributed by atoms with E-state index in [1.165, 1.54) is 18.2 Å². The number of amides is 1. The first-order chi connectivity index (χ1) is 11.9. The maximum atomic E-state index is 12.8. The molecule has 5 nitrogen and oxygen atoms in total. The van der Waals surface area contributed by atoms with Crippen LogP contribution in [-0.2, 0) is 10.0 Å². The Morgan fingerprint density at radius 3 is 2.35 bits per heavy atom. The van der Waals surface area contributed by atoms with Crippen molar-refractivity contribution in [3.63, 3.8) is 0 Å². The maximum Gasteiger partial charge on any atom is 0.263 e. The SMILES string of the molecule is Cc1cccc(NS(=O)(=O)c2cc(C(=O)NC(C)(C)C)ccc2Cl)c1C. The van der Waals surface area contributed by atoms with Crippen LogP contribution in [-0.4, -0.2) is 19.9 Å². The van der Waals surface area contributed by atoms with Crippen LogP contribution in [0.2, 0.25) is 5.02 Å². The van der Waals surface area contributed by atoms with Crippen LogP contribution in [0.3, 0.4) is 0 Å². The summed E-state index contributed by atoms with van der Waals surface area (Å²) in [4.78, 5) is 12.2. The predicted octanol–water partition coefficient (Wildman–Crippen LogP) is 4.29. The van der Waals surface area contributed by atoms with E-state index in [1.54, 1.807) is 12.1 Å². The van der Waals surface area contributed by atoms with Crippen molar-refractivity contribution in [2.24, 2.45) is 0 Å². The number of carbonyl (C=O) groups is 1. The third-order valence-electron chi connectivity index (χ3n) is 3.82. The molecular formula is C19H23ClN2O3S. The number of anilines is 1. The normalized spacial score (nSPS) is 11.9. The van der Waals surface area contributed by atoms with Gasteiger partial charge in [-0.1, -0.05) is 23.7 Å². The van der Waals surface area contributed by atoms with Gasteiger partial charge in [0.1, 0.15) is 4.90 Å². The van der Waals surface area contributed by atoms with Crippen LogP contribution in [0, 0.1) is 13.8 Å². The quantitative estimate of drug-likeness (QED) is 0.812. The third-order valence-corrected chi connectivity index (χ3v) is 5.67. The van der Waals surface area contributed by atoms with Crippen molar-refractivity contribution in [2.45, 2.75) is 45.1 Å². The van der Waals surface area contributed by atoms with Crippen LogP contribution >= 0.6 is 11.6 Å². The second kappa shape index (κ2) is 7.29. The zero-order chi connectivity index (χ0) is 19.7. The standard InChI is InChI=1S/C19H23ClN2O3S/c1-12-7-6-8-16(13(12)2)22-26(24,25)17-11-14(9-10-15(17)20)18(23)21-19(3,4)5/h6-11,22H,1-5H3,(H,21,23). The Morgan fingerprint density at radius 1 is 1.08 bits per heavy atom. The molecule has 2 aromatic carbocycles. The largest absolute Gasteiger partial charge is 0.347 e. The molecule has 0 aliphatic carbocycles. The summed E-state index contributed by atoms with van der Waals surface area (Å²) in [5.41, 5.74) is 2.06. The van der Waals surface area contributed by atoms with Gasteiger partial charge in [-0.15, -0.1) is 0 Å². The zero-order valence-electron chi connectivity index (χ0n) is 15.5. The first-order valence-electron chi connectivity index (χ1n) is 8.12. The van der Waals surface area contributed by atoms with E-state index >= 15 is 0 Å². The molecular weight excluding hydrogens is 372 g/mol. The summed E-state index contributed by atoms with van der Waals surface area (Å²) in [6.45, 7) is 9.28. The molecule has 7 heteroatoms. The molecule has 2 N–H and O–H groups in total. The lowest BCUT2D eigenvalue weighted by Gasteiger charge is -2.21. The van der Waals surface area contributed by atoms with Gasteiger partial charge in [0, 0.05) is 11.1 Å². The van der Waals surface area contributed by atoms with Gasteiger partial charge in [-0.3, -0.25) is 9.52 Å². The molecule has 0 bridgehead atoms. The van der Waals surface area contributed by atoms with E-state index in [0.29, 0.717) is 5.69 Å². The van der Waals surface area contributed by atoms with Gasteiger partial charge >= 0.3 is 0 Å². The third kappa shape index (κ3) is 4.77. The Bertz CT molecular complexity index is 948. The highest BCUT2D eigenvalue weighted by Crippen LogP contribution is 2.27. The summed E-state index contributed by atoms with van der Waals surface area (Å²) in [6, 6.07) is 9.56. The lowest BCUT2D eigenvalue weighted by Crippen LogP contribution is -2.40. The second-order valence-corrected chi connectivity index (χ2v) is 9.26. The fourth-order valence-electron chi connectivity index (χ4n) is 2.32. The number of carbonyl (C=O) groups excluding carboxylic acids is 1. The van der Waals surface area contributed by atoms with Crippen molar-refractivity contribution in [3.8, 4) is 0 Å². The van der Waals surface area contributed by atoms with Crippen molar-refractivity contribution in [3.05, 3.63) is 58.1 Å². The number of nitrogens with one attached hydrogen (secondary N) is 2. The van der Waals surface area contributed by atoms with Crippen molar-refractivity contribution in [1.29, 1.82) is 0 Å². The Labute approximate surface area is 159 Å². The van der Waals surface area contributed by atoms with Crippen molar-refractivity contribution < 1.29 is 13.2 Å². The van der Waals surface area contributed by atoms with Gasteiger partial charge < -0.3 is 5.32 Å². The van der Waals surface area contributed by atoms with E-state index in [4.69, 9.17) is 11.6 Å². The number of hydrogen-bond donors (Lipinski definition) is 2. The van der Waals surface area contributed by atoms with E-state index < -0.39 is 15.6 Å². The molecule has 0 radical (unpaired) electrons. The van der Waals surface area contributed by atoms with E-state index in [-0.39, 0.29) is 21.4 Å². The molecule has 0 saturated heterocycles. The average Bonchev–Trinajstić information content (AvgIpc) is 2.50. The Morgan fingerprint density at radius 2 is 1.73 bits per heavy atom. The minimum atomic E-state index is -3.94. The van der Waals surface area contributed by atoms with Crippen LogP contribution in [0.4, 0.5) is 5.69 Å². The fourth-order valence-corrected chi connectivity index (χ4v) is 3.97. The summed E-state index contributed by atoms with van der Waals surface area (Å²) >= 11 is 6.10. The summed E-state index contributed by atoms with van der Waals surface area (Å²) in [5.74, 6) is -0.364. The van der Waals surface area contributed by atoms with Crippen molar-refractivity contribution in [2.75, 3.05) is 4.72 Å². The fraction of sp³-hybridized carbons (Fsp3) is 0.316. The van der Waals surface area contributed by atoms with E-state index in [0.717, 1.165) is 11.1 Å². The number of aryl methyl sites for hydroxylation is 1. The summed E-state index contributed by atoms with van der Waals surface area (Å²) in [5, 5.41) is 2.85. The molecule has 0 aromatic heterocycles.